The number of nitrogens with two attached hydrogens (primary N) is 1. The van der Waals surface area contributed by atoms with Gasteiger partial charge in [0.15, 0.2) is 0 Å². The number of nitrogens with one attached hydrogen (secondary N) is 2. The van der Waals surface area contributed by atoms with E-state index in [1.54, 1.807) is 23.7 Å². The van der Waals surface area contributed by atoms with Crippen molar-refractivity contribution in [3.05, 3.63) is 71.8 Å². The second kappa shape index (κ2) is 18.0. The number of aliphatic hydroxyl groups is 1. The summed E-state index contributed by atoms with van der Waals surface area (Å²) in [6, 6.07) is 14.6. The zero-order valence-corrected chi connectivity index (χ0v) is 25.1. The van der Waals surface area contributed by atoms with Gasteiger partial charge in [0.2, 0.25) is 11.8 Å². The highest BCUT2D eigenvalue weighted by atomic mass is 32.2. The predicted molar refractivity (Wildman–Crippen MR) is 158 cm³/mol. The van der Waals surface area contributed by atoms with Crippen molar-refractivity contribution in [1.82, 2.24) is 15.9 Å². The SMILES string of the molecule is CC(C)C[C@@H](C(=O)NN(CCO)C(=O)[C@@H](C)N)[C@H](C/C=C/c1ccccc1)C(=O)NO.Cc1ccc(S(=O)(=O)O)cc1. The summed E-state index contributed by atoms with van der Waals surface area (Å²) in [5.74, 6) is -3.43. The van der Waals surface area contributed by atoms with E-state index >= 15 is 0 Å². The number of nitrogens with zero attached hydrogens (tertiary/aromatic N) is 1. The highest BCUT2D eigenvalue weighted by molar-refractivity contribution is 7.85. The van der Waals surface area contributed by atoms with E-state index in [2.05, 4.69) is 5.43 Å². The molecule has 0 radical (unpaired) electrons. The standard InChI is InChI=1S/C22H34N4O5.C7H8O3S/c1-15(2)14-19(20(28)24-26(12-13-27)22(30)16(3)23)18(21(29)25-31)11-7-10-17-8-5-4-6-9-17;1-6-2-4-7(5-3-6)11(8,9)10/h4-10,15-16,18-19,27,31H,11-14,23H2,1-3H3,(H,24,28)(H,25,29);2-5H,1H3,(H,8,9,10)/b10-7+;/t16-,18+,19-;/m1./s1. The molecule has 0 aliphatic carbocycles. The third-order valence-electron chi connectivity index (χ3n) is 6.04. The quantitative estimate of drug-likeness (QED) is 0.119. The van der Waals surface area contributed by atoms with Crippen molar-refractivity contribution in [3.63, 3.8) is 0 Å². The summed E-state index contributed by atoms with van der Waals surface area (Å²) in [7, 11) is -4.02. The Morgan fingerprint density at radius 1 is 0.976 bits per heavy atom. The summed E-state index contributed by atoms with van der Waals surface area (Å²) in [4.78, 5) is 37.7. The average Bonchev–Trinajstić information content (AvgIpc) is 2.93. The molecule has 2 aromatic rings. The van der Waals surface area contributed by atoms with Gasteiger partial charge in [-0.1, -0.05) is 74.0 Å². The Bertz CT molecular complexity index is 1270. The fraction of sp³-hybridized carbons (Fsp3) is 0.414. The van der Waals surface area contributed by atoms with Gasteiger partial charge >= 0.3 is 0 Å². The zero-order chi connectivity index (χ0) is 31.9. The van der Waals surface area contributed by atoms with Gasteiger partial charge < -0.3 is 10.8 Å². The normalized spacial score (nSPS) is 13.5. The van der Waals surface area contributed by atoms with Crippen molar-refractivity contribution in [2.75, 3.05) is 13.2 Å². The molecule has 3 amide bonds. The molecule has 12 nitrogen and oxygen atoms in total. The summed E-state index contributed by atoms with van der Waals surface area (Å²) in [6.45, 7) is 6.63. The third kappa shape index (κ3) is 12.9. The molecule has 7 N–H and O–H groups in total. The Morgan fingerprint density at radius 3 is 2.05 bits per heavy atom. The molecule has 42 heavy (non-hydrogen) atoms. The van der Waals surface area contributed by atoms with Gasteiger partial charge in [-0.05, 0) is 50.3 Å². The lowest BCUT2D eigenvalue weighted by Gasteiger charge is -2.30. The summed E-state index contributed by atoms with van der Waals surface area (Å²) in [6.07, 6.45) is 4.16. The van der Waals surface area contributed by atoms with Crippen LogP contribution in [0.25, 0.3) is 6.08 Å². The molecule has 0 saturated carbocycles. The van der Waals surface area contributed by atoms with E-state index in [9.17, 15) is 33.1 Å². The van der Waals surface area contributed by atoms with E-state index < -0.39 is 45.7 Å². The largest absolute Gasteiger partial charge is 0.394 e. The lowest BCUT2D eigenvalue weighted by Crippen LogP contribution is -2.55. The number of hydroxylamine groups is 1. The van der Waals surface area contributed by atoms with Crippen molar-refractivity contribution in [2.24, 2.45) is 23.5 Å². The van der Waals surface area contributed by atoms with Crippen LogP contribution in [0.15, 0.2) is 65.6 Å². The maximum Gasteiger partial charge on any atom is 0.294 e. The number of aryl methyl sites for hydroxylation is 1. The Kier molecular flexibility index (Phi) is 15.6. The molecule has 2 rings (SSSR count). The minimum absolute atomic E-state index is 0.0666. The van der Waals surface area contributed by atoms with Crippen molar-refractivity contribution in [3.8, 4) is 0 Å². The van der Waals surface area contributed by atoms with Crippen molar-refractivity contribution in [1.29, 1.82) is 0 Å². The number of rotatable bonds is 12. The lowest BCUT2D eigenvalue weighted by atomic mass is 9.82. The fourth-order valence-electron chi connectivity index (χ4n) is 3.91. The first kappa shape index (κ1) is 36.4. The van der Waals surface area contributed by atoms with Crippen molar-refractivity contribution < 1.29 is 37.7 Å². The van der Waals surface area contributed by atoms with Crippen LogP contribution in [0, 0.1) is 24.7 Å². The number of hydrogen-bond donors (Lipinski definition) is 6. The number of aliphatic hydroxyl groups excluding tert-OH is 1. The summed E-state index contributed by atoms with van der Waals surface area (Å²) in [5.41, 5.74) is 11.7. The first-order valence-electron chi connectivity index (χ1n) is 13.4. The summed E-state index contributed by atoms with van der Waals surface area (Å²) >= 11 is 0. The molecule has 0 spiro atoms. The highest BCUT2D eigenvalue weighted by Gasteiger charge is 2.35. The first-order valence-corrected chi connectivity index (χ1v) is 14.8. The van der Waals surface area contributed by atoms with Gasteiger partial charge in [0, 0.05) is 0 Å². The fourth-order valence-corrected chi connectivity index (χ4v) is 4.39. The van der Waals surface area contributed by atoms with Crippen LogP contribution in [0.4, 0.5) is 0 Å². The van der Waals surface area contributed by atoms with Crippen LogP contribution in [0.5, 0.6) is 0 Å². The number of carbonyl (C=O) groups is 3. The number of carbonyl (C=O) groups excluding carboxylic acids is 3. The molecule has 0 heterocycles. The topological polar surface area (TPSA) is 199 Å². The molecule has 0 bridgehead atoms. The van der Waals surface area contributed by atoms with E-state index in [1.807, 2.05) is 57.2 Å². The van der Waals surface area contributed by atoms with Gasteiger partial charge in [0.05, 0.1) is 35.9 Å². The van der Waals surface area contributed by atoms with Gasteiger partial charge in [-0.15, -0.1) is 0 Å². The van der Waals surface area contributed by atoms with Crippen LogP contribution in [0.3, 0.4) is 0 Å². The molecule has 0 saturated heterocycles. The summed E-state index contributed by atoms with van der Waals surface area (Å²) < 4.78 is 29.6. The van der Waals surface area contributed by atoms with Crippen molar-refractivity contribution in [2.45, 2.75) is 51.5 Å². The monoisotopic (exact) mass is 606 g/mol. The van der Waals surface area contributed by atoms with Gasteiger partial charge in [-0.3, -0.25) is 34.6 Å². The smallest absolute Gasteiger partial charge is 0.294 e. The number of benzene rings is 2. The Balaban J connectivity index is 0.000000666. The molecule has 0 aliphatic heterocycles. The highest BCUT2D eigenvalue weighted by Crippen LogP contribution is 2.25. The summed E-state index contributed by atoms with van der Waals surface area (Å²) in [5, 5.41) is 19.4. The molecule has 0 aliphatic rings. The Morgan fingerprint density at radius 2 is 1.57 bits per heavy atom. The molecule has 0 unspecified atom stereocenters. The second-order valence-corrected chi connectivity index (χ2v) is 11.6. The number of allylic oxidation sites excluding steroid dienone is 1. The van der Waals surface area contributed by atoms with Gasteiger partial charge in [-0.25, -0.2) is 5.48 Å². The molecule has 13 heteroatoms. The van der Waals surface area contributed by atoms with Gasteiger partial charge in [0.1, 0.15) is 0 Å². The molecule has 232 valence electrons. The lowest BCUT2D eigenvalue weighted by molar-refractivity contribution is -0.148. The molecule has 3 atom stereocenters. The van der Waals surface area contributed by atoms with E-state index in [4.69, 9.17) is 10.3 Å². The molecule has 2 aromatic carbocycles. The molecule has 0 aromatic heterocycles. The Labute approximate surface area is 247 Å². The molecule has 0 fully saturated rings. The van der Waals surface area contributed by atoms with Crippen LogP contribution in [0.2, 0.25) is 0 Å². The minimum atomic E-state index is -4.02. The van der Waals surface area contributed by atoms with Crippen LogP contribution in [-0.4, -0.2) is 65.2 Å². The van der Waals surface area contributed by atoms with E-state index in [0.29, 0.717) is 6.42 Å². The van der Waals surface area contributed by atoms with E-state index in [1.165, 1.54) is 19.1 Å². The van der Waals surface area contributed by atoms with Crippen LogP contribution < -0.4 is 16.6 Å². The molecular formula is C29H42N4O8S. The number of hydrazine groups is 1. The first-order chi connectivity index (χ1) is 19.7. The van der Waals surface area contributed by atoms with E-state index in [0.717, 1.165) is 16.1 Å². The van der Waals surface area contributed by atoms with Crippen LogP contribution >= 0.6 is 0 Å². The van der Waals surface area contributed by atoms with E-state index in [-0.39, 0.29) is 30.4 Å². The van der Waals surface area contributed by atoms with Crippen LogP contribution in [0.1, 0.15) is 44.7 Å². The maximum absolute atomic E-state index is 13.1. The number of hydrogen-bond acceptors (Lipinski definition) is 8. The number of amides is 3. The Hall–Kier alpha value is -3.62. The second-order valence-electron chi connectivity index (χ2n) is 10.1. The van der Waals surface area contributed by atoms with Gasteiger partial charge in [-0.2, -0.15) is 8.42 Å². The van der Waals surface area contributed by atoms with Crippen molar-refractivity contribution >= 4 is 33.9 Å². The maximum atomic E-state index is 13.1. The minimum Gasteiger partial charge on any atom is -0.394 e. The molecular weight excluding hydrogens is 564 g/mol. The predicted octanol–water partition coefficient (Wildman–Crippen LogP) is 2.31. The van der Waals surface area contributed by atoms with Gasteiger partial charge in [0.25, 0.3) is 16.0 Å². The zero-order valence-electron chi connectivity index (χ0n) is 24.3. The third-order valence-corrected chi connectivity index (χ3v) is 6.91. The average molecular weight is 607 g/mol. The van der Waals surface area contributed by atoms with Crippen LogP contribution in [-0.2, 0) is 24.5 Å².